The van der Waals surface area contributed by atoms with Crippen LogP contribution in [0.4, 0.5) is 40.2 Å². The summed E-state index contributed by atoms with van der Waals surface area (Å²) in [5.74, 6) is -0.132. The number of piperazine rings is 2. The zero-order chi connectivity index (χ0) is 62.4. The molecule has 6 saturated heterocycles. The minimum Gasteiger partial charge on any atom is -1.00 e. The van der Waals surface area contributed by atoms with E-state index < -0.39 is 25.9 Å². The number of piperidine rings is 2. The molecule has 10 rings (SSSR count). The third kappa shape index (κ3) is 16.7. The zero-order valence-electron chi connectivity index (χ0n) is 54.7. The fraction of sp³-hybridized carbons (Fsp3) is 0.621. The van der Waals surface area contributed by atoms with Gasteiger partial charge in [0.25, 0.3) is 11.8 Å². The van der Waals surface area contributed by atoms with Gasteiger partial charge in [0.1, 0.15) is 11.5 Å². The molecule has 0 aliphatic carbocycles. The van der Waals surface area contributed by atoms with E-state index in [0.29, 0.717) is 78.4 Å². The van der Waals surface area contributed by atoms with Gasteiger partial charge >= 0.3 is 0 Å². The van der Waals surface area contributed by atoms with E-state index in [1.165, 1.54) is 0 Å². The summed E-state index contributed by atoms with van der Waals surface area (Å²) in [5.41, 5.74) is 20.3. The number of aryl methyl sites for hydroxylation is 2. The summed E-state index contributed by atoms with van der Waals surface area (Å²) >= 11 is 6.22. The van der Waals surface area contributed by atoms with E-state index in [-0.39, 0.29) is 47.1 Å². The highest BCUT2D eigenvalue weighted by Crippen LogP contribution is 2.37. The van der Waals surface area contributed by atoms with Crippen molar-refractivity contribution in [3.63, 3.8) is 0 Å². The predicted octanol–water partition coefficient (Wildman–Crippen LogP) is 5.69. The monoisotopic (exact) mass is 1150 g/mol. The third-order valence-corrected chi connectivity index (χ3v) is 16.5. The number of hydrogen-bond donors (Lipinski definition) is 6. The van der Waals surface area contributed by atoms with Gasteiger partial charge in [0.05, 0.1) is 45.1 Å². The molecule has 8 heterocycles. The minimum absolute atomic E-state index is 0. The lowest BCUT2D eigenvalue weighted by Crippen LogP contribution is -2.52. The number of rotatable bonds is 16. The fourth-order valence-corrected chi connectivity index (χ4v) is 11.5. The summed E-state index contributed by atoms with van der Waals surface area (Å²) in [6.45, 7) is 18.7. The Morgan fingerprint density at radius 2 is 1.05 bits per heavy atom. The number of halogens is 1. The van der Waals surface area contributed by atoms with Gasteiger partial charge in [0.15, 0.2) is 34.0 Å². The third-order valence-electron chi connectivity index (χ3n) is 16.2. The molecule has 0 saturated carbocycles. The van der Waals surface area contributed by atoms with E-state index in [0.717, 1.165) is 149 Å². The highest BCUT2D eigenvalue weighted by Gasteiger charge is 2.30. The first-order valence-electron chi connectivity index (χ1n) is 31.8. The summed E-state index contributed by atoms with van der Waals surface area (Å²) in [7, 11) is -0.945. The lowest BCUT2D eigenvalue weighted by Gasteiger charge is -2.42. The molecule has 2 aromatic carbocycles. The standard InChI is InChI=1S/C29H44N8O3.C24H34ClN7O2.C5H11NO.H/c1-4-23-28(31-20-9-17-40-18-10-20)34-29(26(33-23)27(30)38)32-21-5-6-24(25(19-21)39-3)37-11-7-22(8-12-37)36-15-13-35(2)14-16-36;1-4-18-22(25)29-24(21(28-18)23(26)33)27-16-5-6-19(20(15-16)34-3)32-9-7-17(8-10-32)31-13-11-30(2)12-14-31;6-5-1-3-7-4-2-5;/h5-6,19-20,22H,4,7-18H2,1-3H3,(H2,30,38)(H2,31,32,34);5-6,15,17H,4,7-14H2,1-3H3,(H2,26,33)(H,27,29);5H,1-4,6H2;/q;;;-1/i2*3D3;;1+2. The Kier molecular flexibility index (Phi) is 19.6. The van der Waals surface area contributed by atoms with Crippen LogP contribution in [0.3, 0.4) is 0 Å². The molecule has 0 bridgehead atoms. The number of aromatic nitrogens is 4. The maximum atomic E-state index is 12.4. The van der Waals surface area contributed by atoms with Crippen molar-refractivity contribution in [2.75, 3.05) is 159 Å². The average Bonchev–Trinajstić information content (AvgIpc) is 3.18. The number of benzene rings is 2. The van der Waals surface area contributed by atoms with Crippen molar-refractivity contribution in [1.29, 1.82) is 0 Å². The average molecular weight is 1150 g/mol. The van der Waals surface area contributed by atoms with Crippen molar-refractivity contribution in [2.45, 2.75) is 102 Å². The van der Waals surface area contributed by atoms with Crippen LogP contribution in [0.15, 0.2) is 36.4 Å². The summed E-state index contributed by atoms with van der Waals surface area (Å²) in [6.07, 6.45) is 8.82. The Hall–Kier alpha value is -5.85. The second-order valence-corrected chi connectivity index (χ2v) is 22.1. The Morgan fingerprint density at radius 3 is 1.46 bits per heavy atom. The van der Waals surface area contributed by atoms with Crippen LogP contribution in [0.1, 0.15) is 107 Å². The van der Waals surface area contributed by atoms with Gasteiger partial charge in [-0.2, -0.15) is 0 Å². The smallest absolute Gasteiger partial charge is 0.271 e. The predicted molar refractivity (Wildman–Crippen MR) is 323 cm³/mol. The fourth-order valence-electron chi connectivity index (χ4n) is 11.2. The Bertz CT molecular complexity index is 2900. The number of nitrogens with zero attached hydrogens (tertiary/aromatic N) is 10. The summed E-state index contributed by atoms with van der Waals surface area (Å²) in [6, 6.07) is 12.2. The van der Waals surface area contributed by atoms with E-state index in [4.69, 9.17) is 61.0 Å². The van der Waals surface area contributed by atoms with Gasteiger partial charge < -0.3 is 73.1 Å². The highest BCUT2D eigenvalue weighted by atomic mass is 35.5. The lowest BCUT2D eigenvalue weighted by molar-refractivity contribution is 0.0866. The second kappa shape index (κ2) is 29.9. The summed E-state index contributed by atoms with van der Waals surface area (Å²) in [4.78, 5) is 56.4. The highest BCUT2D eigenvalue weighted by molar-refractivity contribution is 6.30. The van der Waals surface area contributed by atoms with Crippen LogP contribution < -0.4 is 52.4 Å². The number of carbonyl (C=O) groups excluding carboxylic acids is 2. The molecule has 6 aliphatic heterocycles. The number of hydrogen-bond acceptors (Lipinski definition) is 20. The van der Waals surface area contributed by atoms with Crippen LogP contribution in [0.2, 0.25) is 5.15 Å². The first-order chi connectivity index (χ1) is 41.5. The molecular weight excluding hydrogens is 1050 g/mol. The summed E-state index contributed by atoms with van der Waals surface area (Å²) < 4.78 is 67.9. The van der Waals surface area contributed by atoms with Crippen molar-refractivity contribution in [3.8, 4) is 11.5 Å². The van der Waals surface area contributed by atoms with E-state index in [2.05, 4.69) is 74.4 Å². The number of methoxy groups -OCH3 is 2. The first kappa shape index (κ1) is 53.2. The number of likely N-dealkylation sites (N-methyl/N-ethyl adjacent to an activating group) is 2. The van der Waals surface area contributed by atoms with Gasteiger partial charge in [0.2, 0.25) is 0 Å². The van der Waals surface area contributed by atoms with Crippen LogP contribution >= 0.6 is 11.6 Å². The SMILES string of the molecule is NC1CCOCC1.[2H]C([2H])([2H])Oc1cc(Nc2nc(Cl)c(CC)nc2C(N)=O)ccc1N1CCC(N2CCN(C)CC2)CC1.[2H]C([2H])([2H])Oc1cc(Nc2nc(NC3CCOCC3)c(CC)nc2C(N)=O)ccc1N1CCC(N2CCN(C)CC2)CC1.[3H-]. The first-order valence-corrected chi connectivity index (χ1v) is 29.2. The molecule has 2 amide bonds. The number of carbonyl (C=O) groups is 2. The van der Waals surface area contributed by atoms with Crippen molar-refractivity contribution < 1.29 is 38.2 Å². The van der Waals surface area contributed by atoms with Crippen LogP contribution in [0.25, 0.3) is 0 Å². The maximum absolute atomic E-state index is 12.4. The molecule has 9 N–H and O–H groups in total. The topological polar surface area (TPSA) is 256 Å². The molecule has 0 atom stereocenters. The molecule has 4 aromatic rings. The molecule has 0 spiro atoms. The quantitative estimate of drug-likeness (QED) is 0.0787. The van der Waals surface area contributed by atoms with E-state index >= 15 is 0 Å². The Balaban J connectivity index is 0.000000225. The minimum atomic E-state index is -2.63. The second-order valence-electron chi connectivity index (χ2n) is 21.7. The number of ether oxygens (including phenoxy) is 4. The molecular formula is C58H90ClN16O6-. The number of amides is 2. The molecule has 6 aliphatic rings. The van der Waals surface area contributed by atoms with Crippen LogP contribution in [-0.2, 0) is 22.3 Å². The number of primary amides is 2. The molecule has 0 radical (unpaired) electrons. The van der Waals surface area contributed by atoms with Crippen LogP contribution in [-0.4, -0.2) is 209 Å². The lowest BCUT2D eigenvalue weighted by atomic mass is 10.0. The number of anilines is 7. The molecule has 0 unspecified atom stereocenters. The Morgan fingerprint density at radius 1 is 0.617 bits per heavy atom. The van der Waals surface area contributed by atoms with Crippen molar-refractivity contribution in [2.24, 2.45) is 17.2 Å². The van der Waals surface area contributed by atoms with Gasteiger partial charge in [-0.05, 0) is 103 Å². The van der Waals surface area contributed by atoms with Crippen LogP contribution in [0, 0.1) is 0 Å². The van der Waals surface area contributed by atoms with Crippen LogP contribution in [0.5, 0.6) is 11.5 Å². The number of nitrogens with two attached hydrogens (primary N) is 3. The zero-order valence-corrected chi connectivity index (χ0v) is 48.4. The maximum Gasteiger partial charge on any atom is 0.271 e. The van der Waals surface area contributed by atoms with Crippen molar-refractivity contribution in [3.05, 3.63) is 64.3 Å². The molecule has 23 heteroatoms. The normalized spacial score (nSPS) is 21.1. The Labute approximate surface area is 494 Å². The summed E-state index contributed by atoms with van der Waals surface area (Å²) in [5, 5.41) is 9.79. The van der Waals surface area contributed by atoms with E-state index in [9.17, 15) is 9.59 Å². The largest absolute Gasteiger partial charge is 1.00 e. The van der Waals surface area contributed by atoms with Gasteiger partial charge in [-0.15, -0.1) is 0 Å². The van der Waals surface area contributed by atoms with Crippen molar-refractivity contribution in [1.82, 2.24) is 39.5 Å². The van der Waals surface area contributed by atoms with E-state index in [1.54, 1.807) is 18.2 Å². The van der Waals surface area contributed by atoms with Crippen molar-refractivity contribution >= 4 is 63.6 Å². The van der Waals surface area contributed by atoms with Gasteiger partial charge in [0, 0.05) is 153 Å². The van der Waals surface area contributed by atoms with E-state index in [1.807, 2.05) is 32.0 Å². The molecule has 22 nitrogen and oxygen atoms in total. The molecule has 2 aromatic heterocycles. The van der Waals surface area contributed by atoms with Gasteiger partial charge in [-0.25, -0.2) is 19.9 Å². The van der Waals surface area contributed by atoms with Gasteiger partial charge in [-0.3, -0.25) is 19.4 Å². The molecule has 446 valence electrons. The molecule has 6 fully saturated rings. The molecule has 81 heavy (non-hydrogen) atoms. The number of nitrogens with one attached hydrogen (secondary N) is 3. The van der Waals surface area contributed by atoms with Gasteiger partial charge in [-0.1, -0.05) is 25.4 Å².